The number of benzene rings is 1. The van der Waals surface area contributed by atoms with Gasteiger partial charge in [0.25, 0.3) is 0 Å². The molecule has 1 aliphatic rings. The molecule has 3 rings (SSSR count). The Morgan fingerprint density at radius 2 is 2.19 bits per heavy atom. The van der Waals surface area contributed by atoms with Crippen molar-refractivity contribution in [2.45, 2.75) is 43.9 Å². The van der Waals surface area contributed by atoms with Gasteiger partial charge in [0.2, 0.25) is 5.91 Å². The molecule has 1 aromatic heterocycles. The molecule has 27 heavy (non-hydrogen) atoms. The van der Waals surface area contributed by atoms with E-state index in [0.717, 1.165) is 30.7 Å². The van der Waals surface area contributed by atoms with E-state index >= 15 is 0 Å². The van der Waals surface area contributed by atoms with E-state index < -0.39 is 0 Å². The lowest BCUT2D eigenvalue weighted by Crippen LogP contribution is -2.43. The number of aromatic nitrogens is 3. The van der Waals surface area contributed by atoms with Gasteiger partial charge in [-0.3, -0.25) is 9.36 Å². The summed E-state index contributed by atoms with van der Waals surface area (Å²) in [6, 6.07) is 8.04. The number of carbonyl (C=O) groups excluding carboxylic acids is 1. The molecule has 1 aliphatic heterocycles. The first-order valence-electron chi connectivity index (χ1n) is 9.25. The third-order valence-electron chi connectivity index (χ3n) is 4.82. The average molecular weight is 387 g/mol. The summed E-state index contributed by atoms with van der Waals surface area (Å²) < 4.78 is 7.43. The zero-order chi connectivity index (χ0) is 19.2. The van der Waals surface area contributed by atoms with Crippen molar-refractivity contribution in [1.82, 2.24) is 19.7 Å². The zero-order valence-electron chi connectivity index (χ0n) is 15.9. The summed E-state index contributed by atoms with van der Waals surface area (Å²) in [5.74, 6) is 1.99. The highest BCUT2D eigenvalue weighted by atomic mass is 32.2. The molecule has 6 nitrogen and oxygen atoms in total. The zero-order valence-corrected chi connectivity index (χ0v) is 16.7. The van der Waals surface area contributed by atoms with Crippen molar-refractivity contribution >= 4 is 17.7 Å². The molecule has 144 valence electrons. The van der Waals surface area contributed by atoms with Gasteiger partial charge in [-0.15, -0.1) is 16.8 Å². The second kappa shape index (κ2) is 9.08. The van der Waals surface area contributed by atoms with E-state index in [1.54, 1.807) is 13.2 Å². The van der Waals surface area contributed by atoms with Crippen LogP contribution in [0.3, 0.4) is 0 Å². The highest BCUT2D eigenvalue weighted by Gasteiger charge is 2.24. The van der Waals surface area contributed by atoms with Crippen LogP contribution in [0, 0.1) is 0 Å². The van der Waals surface area contributed by atoms with Gasteiger partial charge in [-0.05, 0) is 38.3 Å². The highest BCUT2D eigenvalue weighted by molar-refractivity contribution is 7.99. The number of thioether (sulfide) groups is 1. The summed E-state index contributed by atoms with van der Waals surface area (Å²) in [5, 5.41) is 9.40. The predicted octanol–water partition coefficient (Wildman–Crippen LogP) is 3.63. The molecule has 0 unspecified atom stereocenters. The molecule has 0 N–H and O–H groups in total. The van der Waals surface area contributed by atoms with Crippen molar-refractivity contribution in [2.75, 3.05) is 19.4 Å². The number of nitrogens with zero attached hydrogens (tertiary/aromatic N) is 4. The second-order valence-corrected chi connectivity index (χ2v) is 7.57. The third-order valence-corrected chi connectivity index (χ3v) is 5.78. The Balaban J connectivity index is 1.79. The Bertz CT molecular complexity index is 805. The molecule has 0 spiro atoms. The summed E-state index contributed by atoms with van der Waals surface area (Å²) in [6.07, 6.45) is 5.18. The van der Waals surface area contributed by atoms with Crippen LogP contribution in [0.25, 0.3) is 11.4 Å². The van der Waals surface area contributed by atoms with Crippen molar-refractivity contribution in [2.24, 2.45) is 0 Å². The molecular formula is C20H26N4O2S. The first kappa shape index (κ1) is 19.5. The van der Waals surface area contributed by atoms with Crippen LogP contribution in [0.1, 0.15) is 26.2 Å². The van der Waals surface area contributed by atoms with Gasteiger partial charge >= 0.3 is 0 Å². The lowest BCUT2D eigenvalue weighted by Gasteiger charge is -2.33. The molecule has 1 saturated heterocycles. The van der Waals surface area contributed by atoms with Crippen LogP contribution < -0.4 is 4.74 Å². The second-order valence-electron chi connectivity index (χ2n) is 6.63. The lowest BCUT2D eigenvalue weighted by molar-refractivity contribution is -0.131. The number of likely N-dealkylation sites (tertiary alicyclic amines) is 1. The largest absolute Gasteiger partial charge is 0.496 e. The fourth-order valence-corrected chi connectivity index (χ4v) is 4.23. The van der Waals surface area contributed by atoms with Gasteiger partial charge in [0.05, 0.1) is 18.4 Å². The summed E-state index contributed by atoms with van der Waals surface area (Å²) in [4.78, 5) is 14.6. The van der Waals surface area contributed by atoms with E-state index in [2.05, 4.69) is 23.7 Å². The summed E-state index contributed by atoms with van der Waals surface area (Å²) in [7, 11) is 1.64. The average Bonchev–Trinajstić information content (AvgIpc) is 3.09. The third kappa shape index (κ3) is 4.35. The van der Waals surface area contributed by atoms with Crippen LogP contribution in [-0.4, -0.2) is 51.0 Å². The van der Waals surface area contributed by atoms with Crippen molar-refractivity contribution in [3.8, 4) is 17.1 Å². The molecule has 1 aromatic carbocycles. The van der Waals surface area contributed by atoms with E-state index in [0.29, 0.717) is 29.3 Å². The lowest BCUT2D eigenvalue weighted by atomic mass is 10.0. The monoisotopic (exact) mass is 386 g/mol. The normalized spacial score (nSPS) is 17.0. The minimum atomic E-state index is 0.166. The molecule has 2 aromatic rings. The highest BCUT2D eigenvalue weighted by Crippen LogP contribution is 2.31. The molecule has 0 aliphatic carbocycles. The number of ether oxygens (including phenoxy) is 1. The Labute approximate surface area is 164 Å². The first-order chi connectivity index (χ1) is 13.2. The molecule has 1 atom stereocenters. The van der Waals surface area contributed by atoms with Crippen LogP contribution in [0.5, 0.6) is 5.75 Å². The van der Waals surface area contributed by atoms with Crippen molar-refractivity contribution in [3.05, 3.63) is 36.9 Å². The van der Waals surface area contributed by atoms with Crippen LogP contribution >= 0.6 is 11.8 Å². The SMILES string of the molecule is C=CCn1c(SCC(=O)N2CCCC[C@H]2C)nnc1-c1ccccc1OC. The Kier molecular flexibility index (Phi) is 6.55. The molecular weight excluding hydrogens is 360 g/mol. The van der Waals surface area contributed by atoms with Gasteiger partial charge in [-0.2, -0.15) is 0 Å². The van der Waals surface area contributed by atoms with Gasteiger partial charge in [-0.25, -0.2) is 0 Å². The number of amides is 1. The van der Waals surface area contributed by atoms with Gasteiger partial charge in [0, 0.05) is 19.1 Å². The van der Waals surface area contributed by atoms with Gasteiger partial charge < -0.3 is 9.64 Å². The molecule has 7 heteroatoms. The number of para-hydroxylation sites is 1. The minimum Gasteiger partial charge on any atom is -0.496 e. The summed E-state index contributed by atoms with van der Waals surface area (Å²) in [5.41, 5.74) is 0.872. The van der Waals surface area contributed by atoms with Gasteiger partial charge in [0.1, 0.15) is 5.75 Å². The van der Waals surface area contributed by atoms with Crippen molar-refractivity contribution < 1.29 is 9.53 Å². The van der Waals surface area contributed by atoms with Crippen molar-refractivity contribution in [1.29, 1.82) is 0 Å². The maximum absolute atomic E-state index is 12.6. The van der Waals surface area contributed by atoms with E-state index in [4.69, 9.17) is 4.74 Å². The molecule has 1 amide bonds. The number of hydrogen-bond acceptors (Lipinski definition) is 5. The number of carbonyl (C=O) groups is 1. The number of piperidine rings is 1. The number of allylic oxidation sites excluding steroid dienone is 1. The molecule has 2 heterocycles. The Hall–Kier alpha value is -2.28. The summed E-state index contributed by atoms with van der Waals surface area (Å²) in [6.45, 7) is 7.39. The Morgan fingerprint density at radius 1 is 1.37 bits per heavy atom. The van der Waals surface area contributed by atoms with Crippen LogP contribution in [0.4, 0.5) is 0 Å². The molecule has 0 radical (unpaired) electrons. The smallest absolute Gasteiger partial charge is 0.233 e. The topological polar surface area (TPSA) is 60.2 Å². The maximum Gasteiger partial charge on any atom is 0.233 e. The fraction of sp³-hybridized carbons (Fsp3) is 0.450. The van der Waals surface area contributed by atoms with E-state index in [1.807, 2.05) is 33.7 Å². The van der Waals surface area contributed by atoms with E-state index in [9.17, 15) is 4.79 Å². The standard InChI is InChI=1S/C20H26N4O2S/c1-4-12-24-19(16-10-5-6-11-17(16)26-3)21-22-20(24)27-14-18(25)23-13-8-7-9-15(23)2/h4-6,10-11,15H,1,7-9,12-14H2,2-3H3/t15-/m1/s1. The fourth-order valence-electron chi connectivity index (χ4n) is 3.40. The van der Waals surface area contributed by atoms with Gasteiger partial charge in [-0.1, -0.05) is 30.0 Å². The number of hydrogen-bond donors (Lipinski definition) is 0. The van der Waals surface area contributed by atoms with Crippen LogP contribution in [-0.2, 0) is 11.3 Å². The Morgan fingerprint density at radius 3 is 2.93 bits per heavy atom. The number of rotatable bonds is 7. The molecule has 0 bridgehead atoms. The van der Waals surface area contributed by atoms with Crippen LogP contribution in [0.15, 0.2) is 42.1 Å². The first-order valence-corrected chi connectivity index (χ1v) is 10.2. The van der Waals surface area contributed by atoms with Crippen LogP contribution in [0.2, 0.25) is 0 Å². The van der Waals surface area contributed by atoms with E-state index in [-0.39, 0.29) is 5.91 Å². The maximum atomic E-state index is 12.6. The predicted molar refractivity (Wildman–Crippen MR) is 108 cm³/mol. The van der Waals surface area contributed by atoms with Gasteiger partial charge in [0.15, 0.2) is 11.0 Å². The minimum absolute atomic E-state index is 0.166. The molecule has 0 saturated carbocycles. The quantitative estimate of drug-likeness (QED) is 0.537. The number of methoxy groups -OCH3 is 1. The van der Waals surface area contributed by atoms with Crippen molar-refractivity contribution in [3.63, 3.8) is 0 Å². The summed E-state index contributed by atoms with van der Waals surface area (Å²) >= 11 is 1.43. The van der Waals surface area contributed by atoms with E-state index in [1.165, 1.54) is 18.2 Å². The molecule has 1 fully saturated rings.